The van der Waals surface area contributed by atoms with Gasteiger partial charge in [-0.2, -0.15) is 0 Å². The Morgan fingerprint density at radius 3 is 2.77 bits per heavy atom. The predicted octanol–water partition coefficient (Wildman–Crippen LogP) is 4.59. The second-order valence-electron chi connectivity index (χ2n) is 9.53. The molecule has 1 aliphatic carbocycles. The van der Waals surface area contributed by atoms with Crippen LogP contribution in [0.4, 0.5) is 22.0 Å². The molecule has 40 heavy (non-hydrogen) atoms. The number of anilines is 3. The smallest absolute Gasteiger partial charge is 0.335 e. The summed E-state index contributed by atoms with van der Waals surface area (Å²) in [6.07, 6.45) is 6.39. The van der Waals surface area contributed by atoms with Gasteiger partial charge < -0.3 is 15.8 Å². The van der Waals surface area contributed by atoms with Crippen molar-refractivity contribution in [2.75, 3.05) is 9.80 Å². The van der Waals surface area contributed by atoms with Crippen LogP contribution in [0.25, 0.3) is 10.2 Å². The zero-order chi connectivity index (χ0) is 28.0. The van der Waals surface area contributed by atoms with Crippen LogP contribution in [0.5, 0.6) is 11.6 Å². The number of pyridine rings is 3. The highest BCUT2D eigenvalue weighted by molar-refractivity contribution is 7.21. The van der Waals surface area contributed by atoms with Crippen molar-refractivity contribution in [1.82, 2.24) is 20.3 Å². The highest BCUT2D eigenvalue weighted by atomic mass is 32.1. The molecule has 4 aromatic heterocycles. The van der Waals surface area contributed by atoms with E-state index in [0.717, 1.165) is 23.5 Å². The highest BCUT2D eigenvalue weighted by Crippen LogP contribution is 2.50. The molecule has 2 atom stereocenters. The van der Waals surface area contributed by atoms with Crippen LogP contribution in [-0.2, 0) is 4.79 Å². The van der Waals surface area contributed by atoms with Crippen molar-refractivity contribution < 1.29 is 19.1 Å². The fourth-order valence-electron chi connectivity index (χ4n) is 5.33. The quantitative estimate of drug-likeness (QED) is 0.318. The van der Waals surface area contributed by atoms with Crippen molar-refractivity contribution in [3.8, 4) is 11.6 Å². The third-order valence-electron chi connectivity index (χ3n) is 7.01. The van der Waals surface area contributed by atoms with E-state index in [0.29, 0.717) is 51.9 Å². The van der Waals surface area contributed by atoms with E-state index in [-0.39, 0.29) is 16.8 Å². The minimum atomic E-state index is -0.649. The number of thiophene rings is 1. The first-order valence-electron chi connectivity index (χ1n) is 12.7. The standard InChI is InChI=1S/C28H25N7O4S/c1-3-21(36)33-17-7-5-8-18(17)35-24-23-19(12-13-30-27(23)40-25(24)26(29)37)34(28(35)38)20-11-10-16(14-31-20)39-22-9-4-6-15(2)32-22/h3-4,6,9-14,17-18H,1,5,7-8H2,2H3,(H2,29,37)(H,33,36)/t17-,18+/m0/s1. The average molecular weight is 556 g/mol. The van der Waals surface area contributed by atoms with Gasteiger partial charge in [-0.15, -0.1) is 11.3 Å². The van der Waals surface area contributed by atoms with Gasteiger partial charge in [0.15, 0.2) is 0 Å². The molecule has 5 heterocycles. The van der Waals surface area contributed by atoms with Gasteiger partial charge in [0, 0.05) is 18.0 Å². The number of carbonyl (C=O) groups excluding carboxylic acids is 3. The maximum absolute atomic E-state index is 14.4. The number of aryl methyl sites for hydroxylation is 1. The highest BCUT2D eigenvalue weighted by Gasteiger charge is 2.45. The van der Waals surface area contributed by atoms with E-state index < -0.39 is 18.0 Å². The van der Waals surface area contributed by atoms with Crippen molar-refractivity contribution in [3.63, 3.8) is 0 Å². The first kappa shape index (κ1) is 25.4. The fourth-order valence-corrected chi connectivity index (χ4v) is 6.34. The Balaban J connectivity index is 1.44. The summed E-state index contributed by atoms with van der Waals surface area (Å²) in [6.45, 7) is 5.42. The molecular weight excluding hydrogens is 530 g/mol. The van der Waals surface area contributed by atoms with E-state index in [4.69, 9.17) is 10.5 Å². The molecule has 2 aliphatic rings. The van der Waals surface area contributed by atoms with Crippen molar-refractivity contribution >= 4 is 56.6 Å². The summed E-state index contributed by atoms with van der Waals surface area (Å²) in [5.41, 5.74) is 7.56. The summed E-state index contributed by atoms with van der Waals surface area (Å²) in [5, 5.41) is 3.58. The molecule has 0 bridgehead atoms. The van der Waals surface area contributed by atoms with Gasteiger partial charge in [0.2, 0.25) is 11.8 Å². The number of nitrogens with one attached hydrogen (secondary N) is 1. The molecule has 0 saturated heterocycles. The van der Waals surface area contributed by atoms with Crippen LogP contribution >= 0.6 is 11.3 Å². The number of nitrogens with two attached hydrogens (primary N) is 1. The van der Waals surface area contributed by atoms with Crippen molar-refractivity contribution in [3.05, 3.63) is 72.0 Å². The zero-order valence-corrected chi connectivity index (χ0v) is 22.4. The summed E-state index contributed by atoms with van der Waals surface area (Å²) >= 11 is 1.14. The molecule has 1 aliphatic heterocycles. The van der Waals surface area contributed by atoms with Crippen LogP contribution in [0.1, 0.15) is 34.6 Å². The monoisotopic (exact) mass is 555 g/mol. The van der Waals surface area contributed by atoms with Crippen LogP contribution in [0.15, 0.2) is 61.4 Å². The number of rotatable bonds is 7. The predicted molar refractivity (Wildman–Crippen MR) is 151 cm³/mol. The van der Waals surface area contributed by atoms with Crippen molar-refractivity contribution in [2.45, 2.75) is 38.3 Å². The van der Waals surface area contributed by atoms with Crippen LogP contribution in [0.3, 0.4) is 0 Å². The summed E-state index contributed by atoms with van der Waals surface area (Å²) in [4.78, 5) is 56.4. The van der Waals surface area contributed by atoms with Gasteiger partial charge in [-0.25, -0.2) is 24.6 Å². The third kappa shape index (κ3) is 4.31. The average Bonchev–Trinajstić information content (AvgIpc) is 3.56. The van der Waals surface area contributed by atoms with Crippen molar-refractivity contribution in [2.24, 2.45) is 5.73 Å². The van der Waals surface area contributed by atoms with E-state index in [9.17, 15) is 14.4 Å². The number of aromatic nitrogens is 3. The van der Waals surface area contributed by atoms with Crippen LogP contribution in [0.2, 0.25) is 0 Å². The first-order chi connectivity index (χ1) is 19.4. The van der Waals surface area contributed by atoms with Crippen LogP contribution < -0.4 is 25.6 Å². The molecule has 0 aromatic carbocycles. The Bertz CT molecular complexity index is 1670. The van der Waals surface area contributed by atoms with Crippen molar-refractivity contribution in [1.29, 1.82) is 0 Å². The van der Waals surface area contributed by atoms with E-state index in [2.05, 4.69) is 26.8 Å². The third-order valence-corrected chi connectivity index (χ3v) is 8.11. The lowest BCUT2D eigenvalue weighted by Crippen LogP contribution is -2.55. The van der Waals surface area contributed by atoms with Gasteiger partial charge >= 0.3 is 6.03 Å². The molecule has 0 radical (unpaired) electrons. The molecule has 202 valence electrons. The van der Waals surface area contributed by atoms with Gasteiger partial charge in [-0.05, 0) is 56.5 Å². The number of urea groups is 1. The topological polar surface area (TPSA) is 144 Å². The number of nitrogens with zero attached hydrogens (tertiary/aromatic N) is 5. The summed E-state index contributed by atoms with van der Waals surface area (Å²) < 4.78 is 5.84. The number of amides is 4. The van der Waals surface area contributed by atoms with Gasteiger partial charge in [0.1, 0.15) is 21.3 Å². The Labute approximate surface area is 233 Å². The molecule has 4 aromatic rings. The molecule has 3 N–H and O–H groups in total. The Morgan fingerprint density at radius 1 is 1.20 bits per heavy atom. The molecule has 0 unspecified atom stereocenters. The molecule has 1 fully saturated rings. The zero-order valence-electron chi connectivity index (χ0n) is 21.5. The minimum Gasteiger partial charge on any atom is -0.437 e. The first-order valence-corrected chi connectivity index (χ1v) is 13.5. The largest absolute Gasteiger partial charge is 0.437 e. The van der Waals surface area contributed by atoms with E-state index in [1.165, 1.54) is 17.2 Å². The Kier molecular flexibility index (Phi) is 6.39. The molecular formula is C28H25N7O4S. The van der Waals surface area contributed by atoms with Crippen LogP contribution in [0, 0.1) is 6.92 Å². The fraction of sp³-hybridized carbons (Fsp3) is 0.214. The minimum absolute atomic E-state index is 0.242. The molecule has 6 rings (SSSR count). The maximum atomic E-state index is 14.4. The Morgan fingerprint density at radius 2 is 2.05 bits per heavy atom. The molecule has 0 spiro atoms. The number of hydrogen-bond acceptors (Lipinski definition) is 8. The summed E-state index contributed by atoms with van der Waals surface area (Å²) in [6, 6.07) is 9.42. The summed E-state index contributed by atoms with van der Waals surface area (Å²) in [7, 11) is 0. The number of carbonyl (C=O) groups is 3. The number of ether oxygens (including phenoxy) is 1. The molecule has 11 nitrogen and oxygen atoms in total. The Hall–Kier alpha value is -4.84. The van der Waals surface area contributed by atoms with Gasteiger partial charge in [0.25, 0.3) is 5.91 Å². The van der Waals surface area contributed by atoms with Gasteiger partial charge in [-0.1, -0.05) is 12.6 Å². The van der Waals surface area contributed by atoms with Crippen LogP contribution in [-0.4, -0.2) is 44.9 Å². The molecule has 12 heteroatoms. The lowest BCUT2D eigenvalue weighted by Gasteiger charge is -2.40. The second kappa shape index (κ2) is 10.0. The second-order valence-corrected chi connectivity index (χ2v) is 10.5. The van der Waals surface area contributed by atoms with E-state index >= 15 is 0 Å². The number of hydrogen-bond donors (Lipinski definition) is 2. The number of primary amides is 1. The van der Waals surface area contributed by atoms with Gasteiger partial charge in [0.05, 0.1) is 35.0 Å². The SMILES string of the molecule is C=CC(=O)N[C@H]1CCC[C@H]1N1C(=O)N(c2ccc(Oc3cccc(C)n3)cn2)c2ccnc3sc(C(N)=O)c1c23. The van der Waals surface area contributed by atoms with Gasteiger partial charge in [-0.3, -0.25) is 14.5 Å². The lowest BCUT2D eigenvalue weighted by atomic mass is 10.0. The molecule has 4 amide bonds. The maximum Gasteiger partial charge on any atom is 0.335 e. The van der Waals surface area contributed by atoms with E-state index in [1.807, 2.05) is 19.1 Å². The van der Waals surface area contributed by atoms with E-state index in [1.54, 1.807) is 35.4 Å². The lowest BCUT2D eigenvalue weighted by molar-refractivity contribution is -0.117. The molecule has 1 saturated carbocycles. The summed E-state index contributed by atoms with van der Waals surface area (Å²) in [5.74, 6) is 0.268. The normalized spacial score (nSPS) is 18.2.